The van der Waals surface area contributed by atoms with Crippen molar-refractivity contribution in [3.63, 3.8) is 0 Å². The van der Waals surface area contributed by atoms with Crippen LogP contribution in [0, 0.1) is 13.8 Å². The van der Waals surface area contributed by atoms with Crippen LogP contribution in [0.3, 0.4) is 0 Å². The number of amides is 2. The summed E-state index contributed by atoms with van der Waals surface area (Å²) >= 11 is 0. The Kier molecular flexibility index (Phi) is 4.74. The number of benzene rings is 1. The first-order valence-corrected chi connectivity index (χ1v) is 8.35. The SMILES string of the molecule is Cc1ccc(C)c(NC(=O)C(=O)NC2CCN(c3cnn(C)c3)C2)c1. The molecular weight excluding hydrogens is 318 g/mol. The van der Waals surface area contributed by atoms with E-state index in [-0.39, 0.29) is 6.04 Å². The molecule has 3 rings (SSSR count). The number of aryl methyl sites for hydroxylation is 3. The first kappa shape index (κ1) is 17.0. The quantitative estimate of drug-likeness (QED) is 0.827. The average Bonchev–Trinajstić information content (AvgIpc) is 3.19. The summed E-state index contributed by atoms with van der Waals surface area (Å²) in [5, 5.41) is 9.67. The molecule has 1 atom stereocenters. The van der Waals surface area contributed by atoms with E-state index >= 15 is 0 Å². The number of hydrogen-bond acceptors (Lipinski definition) is 4. The Bertz CT molecular complexity index is 799. The molecule has 1 aliphatic heterocycles. The van der Waals surface area contributed by atoms with Crippen LogP contribution in [0.15, 0.2) is 30.6 Å². The number of nitrogens with zero attached hydrogens (tertiary/aromatic N) is 3. The van der Waals surface area contributed by atoms with Crippen LogP contribution in [0.1, 0.15) is 17.5 Å². The Labute approximate surface area is 147 Å². The van der Waals surface area contributed by atoms with Gasteiger partial charge >= 0.3 is 11.8 Å². The summed E-state index contributed by atoms with van der Waals surface area (Å²) in [6, 6.07) is 5.71. The topological polar surface area (TPSA) is 79.3 Å². The van der Waals surface area contributed by atoms with Crippen molar-refractivity contribution in [2.75, 3.05) is 23.3 Å². The highest BCUT2D eigenvalue weighted by Crippen LogP contribution is 2.19. The predicted octanol–water partition coefficient (Wildman–Crippen LogP) is 1.37. The molecule has 1 saturated heterocycles. The molecule has 0 saturated carbocycles. The maximum Gasteiger partial charge on any atom is 0.313 e. The molecule has 1 aromatic heterocycles. The third-order valence-corrected chi connectivity index (χ3v) is 4.43. The second-order valence-corrected chi connectivity index (χ2v) is 6.55. The van der Waals surface area contributed by atoms with Gasteiger partial charge in [-0.05, 0) is 37.5 Å². The van der Waals surface area contributed by atoms with Gasteiger partial charge in [-0.25, -0.2) is 0 Å². The normalized spacial score (nSPS) is 16.8. The Morgan fingerprint density at radius 1 is 1.24 bits per heavy atom. The summed E-state index contributed by atoms with van der Waals surface area (Å²) in [5.74, 6) is -1.23. The highest BCUT2D eigenvalue weighted by atomic mass is 16.2. The molecule has 1 unspecified atom stereocenters. The zero-order valence-electron chi connectivity index (χ0n) is 14.7. The van der Waals surface area contributed by atoms with E-state index < -0.39 is 11.8 Å². The van der Waals surface area contributed by atoms with Gasteiger partial charge in [-0.15, -0.1) is 0 Å². The molecular formula is C18H23N5O2. The van der Waals surface area contributed by atoms with Crippen molar-refractivity contribution < 1.29 is 9.59 Å². The molecule has 2 N–H and O–H groups in total. The molecule has 1 aromatic carbocycles. The Morgan fingerprint density at radius 2 is 2.04 bits per heavy atom. The van der Waals surface area contributed by atoms with Crippen molar-refractivity contribution in [1.82, 2.24) is 15.1 Å². The number of hydrogen-bond donors (Lipinski definition) is 2. The van der Waals surface area contributed by atoms with Gasteiger partial charge in [-0.2, -0.15) is 5.10 Å². The highest BCUT2D eigenvalue weighted by Gasteiger charge is 2.27. The van der Waals surface area contributed by atoms with Crippen molar-refractivity contribution in [2.24, 2.45) is 7.05 Å². The van der Waals surface area contributed by atoms with Crippen molar-refractivity contribution in [3.8, 4) is 0 Å². The summed E-state index contributed by atoms with van der Waals surface area (Å²) in [7, 11) is 1.87. The van der Waals surface area contributed by atoms with E-state index in [0.717, 1.165) is 29.8 Å². The number of nitrogens with one attached hydrogen (secondary N) is 2. The van der Waals surface area contributed by atoms with Gasteiger partial charge < -0.3 is 15.5 Å². The lowest BCUT2D eigenvalue weighted by Gasteiger charge is -2.17. The van der Waals surface area contributed by atoms with Crippen LogP contribution in [-0.2, 0) is 16.6 Å². The third-order valence-electron chi connectivity index (χ3n) is 4.43. The van der Waals surface area contributed by atoms with Crippen LogP contribution in [0.2, 0.25) is 0 Å². The Hall–Kier alpha value is -2.83. The van der Waals surface area contributed by atoms with Gasteiger partial charge in [0.1, 0.15) is 0 Å². The van der Waals surface area contributed by atoms with Gasteiger partial charge in [0.05, 0.1) is 11.9 Å². The van der Waals surface area contributed by atoms with Crippen LogP contribution in [0.4, 0.5) is 11.4 Å². The van der Waals surface area contributed by atoms with E-state index in [2.05, 4.69) is 20.6 Å². The van der Waals surface area contributed by atoms with E-state index in [9.17, 15) is 9.59 Å². The molecule has 2 aromatic rings. The molecule has 0 spiro atoms. The van der Waals surface area contributed by atoms with Gasteiger partial charge in [0.25, 0.3) is 0 Å². The standard InChI is InChI=1S/C18H23N5O2/c1-12-4-5-13(2)16(8-12)21-18(25)17(24)20-14-6-7-23(10-14)15-9-19-22(3)11-15/h4-5,8-9,11,14H,6-7,10H2,1-3H3,(H,20,24)(H,21,25). The predicted molar refractivity (Wildman–Crippen MR) is 96.5 cm³/mol. The second kappa shape index (κ2) is 6.96. The fourth-order valence-corrected chi connectivity index (χ4v) is 2.98. The molecule has 132 valence electrons. The Morgan fingerprint density at radius 3 is 2.76 bits per heavy atom. The second-order valence-electron chi connectivity index (χ2n) is 6.55. The van der Waals surface area contributed by atoms with Crippen LogP contribution in [0.25, 0.3) is 0 Å². The highest BCUT2D eigenvalue weighted by molar-refractivity contribution is 6.39. The molecule has 0 aliphatic carbocycles. The molecule has 1 aliphatic rings. The molecule has 7 heteroatoms. The molecule has 7 nitrogen and oxygen atoms in total. The first-order chi connectivity index (χ1) is 11.9. The van der Waals surface area contributed by atoms with Crippen molar-refractivity contribution in [2.45, 2.75) is 26.3 Å². The smallest absolute Gasteiger partial charge is 0.313 e. The molecule has 0 radical (unpaired) electrons. The van der Waals surface area contributed by atoms with Gasteiger partial charge in [-0.3, -0.25) is 14.3 Å². The number of rotatable bonds is 3. The molecule has 2 amide bonds. The lowest BCUT2D eigenvalue weighted by molar-refractivity contribution is -0.136. The first-order valence-electron chi connectivity index (χ1n) is 8.35. The van der Waals surface area contributed by atoms with Crippen LogP contribution in [0.5, 0.6) is 0 Å². The van der Waals surface area contributed by atoms with Crippen LogP contribution in [-0.4, -0.2) is 40.7 Å². The lowest BCUT2D eigenvalue weighted by atomic mass is 10.1. The molecule has 1 fully saturated rings. The minimum Gasteiger partial charge on any atom is -0.367 e. The summed E-state index contributed by atoms with van der Waals surface area (Å²) < 4.78 is 1.75. The minimum absolute atomic E-state index is 0.0444. The number of carbonyl (C=O) groups is 2. The van der Waals surface area contributed by atoms with Gasteiger partial charge in [0.2, 0.25) is 0 Å². The zero-order chi connectivity index (χ0) is 18.0. The van der Waals surface area contributed by atoms with E-state index in [0.29, 0.717) is 12.2 Å². The fourth-order valence-electron chi connectivity index (χ4n) is 2.98. The maximum absolute atomic E-state index is 12.2. The van der Waals surface area contributed by atoms with Gasteiger partial charge in [-0.1, -0.05) is 12.1 Å². The monoisotopic (exact) mass is 341 g/mol. The summed E-state index contributed by atoms with van der Waals surface area (Å²) in [4.78, 5) is 26.5. The number of anilines is 2. The Balaban J connectivity index is 1.55. The maximum atomic E-state index is 12.2. The summed E-state index contributed by atoms with van der Waals surface area (Å²) in [5.41, 5.74) is 3.65. The van der Waals surface area contributed by atoms with Gasteiger partial charge in [0, 0.05) is 38.1 Å². The average molecular weight is 341 g/mol. The van der Waals surface area contributed by atoms with Crippen LogP contribution < -0.4 is 15.5 Å². The van der Waals surface area contributed by atoms with E-state index in [1.165, 1.54) is 0 Å². The number of aromatic nitrogens is 2. The van der Waals surface area contributed by atoms with E-state index in [1.54, 1.807) is 10.9 Å². The molecule has 25 heavy (non-hydrogen) atoms. The number of carbonyl (C=O) groups excluding carboxylic acids is 2. The molecule has 2 heterocycles. The third kappa shape index (κ3) is 3.99. The van der Waals surface area contributed by atoms with Crippen molar-refractivity contribution in [1.29, 1.82) is 0 Å². The van der Waals surface area contributed by atoms with E-state index in [1.807, 2.05) is 45.3 Å². The van der Waals surface area contributed by atoms with Gasteiger partial charge in [0.15, 0.2) is 0 Å². The minimum atomic E-state index is -0.631. The molecule has 0 bridgehead atoms. The summed E-state index contributed by atoms with van der Waals surface area (Å²) in [6.45, 7) is 5.35. The van der Waals surface area contributed by atoms with E-state index in [4.69, 9.17) is 0 Å². The fraction of sp³-hybridized carbons (Fsp3) is 0.389. The van der Waals surface area contributed by atoms with Crippen molar-refractivity contribution in [3.05, 3.63) is 41.7 Å². The lowest BCUT2D eigenvalue weighted by Crippen LogP contribution is -2.43. The van der Waals surface area contributed by atoms with Crippen LogP contribution >= 0.6 is 0 Å². The summed E-state index contributed by atoms with van der Waals surface area (Å²) in [6.07, 6.45) is 4.55. The van der Waals surface area contributed by atoms with Crippen molar-refractivity contribution >= 4 is 23.2 Å². The largest absolute Gasteiger partial charge is 0.367 e. The zero-order valence-corrected chi connectivity index (χ0v) is 14.7.